The number of carbonyl (C=O) groups is 1. The summed E-state index contributed by atoms with van der Waals surface area (Å²) >= 11 is 5.37. The highest BCUT2D eigenvalue weighted by Gasteiger charge is 2.19. The summed E-state index contributed by atoms with van der Waals surface area (Å²) < 4.78 is 15.3. The van der Waals surface area contributed by atoms with Crippen molar-refractivity contribution in [3.8, 4) is 0 Å². The van der Waals surface area contributed by atoms with Crippen molar-refractivity contribution in [3.05, 3.63) is 46.2 Å². The minimum atomic E-state index is -0.257. The number of carbonyl (C=O) groups excluding carboxylic acids is 1. The SMILES string of the molecule is CC(C)CNC(=O)CN1CCN(Cn2[nH]c(C=Cc3ccc(F)cc3)nc2=S)CC1. The van der Waals surface area contributed by atoms with Crippen LogP contribution in [0.4, 0.5) is 4.39 Å². The van der Waals surface area contributed by atoms with E-state index in [0.717, 1.165) is 38.3 Å². The lowest BCUT2D eigenvalue weighted by molar-refractivity contribution is -0.122. The number of aromatic amines is 1. The van der Waals surface area contributed by atoms with Gasteiger partial charge in [0.15, 0.2) is 0 Å². The average molecular weight is 433 g/mol. The van der Waals surface area contributed by atoms with Crippen LogP contribution in [0.1, 0.15) is 25.2 Å². The Labute approximate surface area is 181 Å². The summed E-state index contributed by atoms with van der Waals surface area (Å²) in [5.74, 6) is 0.947. The molecule has 0 atom stereocenters. The second kappa shape index (κ2) is 10.6. The van der Waals surface area contributed by atoms with Gasteiger partial charge in [0.05, 0.1) is 13.2 Å². The Morgan fingerprint density at radius 3 is 2.53 bits per heavy atom. The topological polar surface area (TPSA) is 69.2 Å². The summed E-state index contributed by atoms with van der Waals surface area (Å²) in [6, 6.07) is 6.27. The van der Waals surface area contributed by atoms with Gasteiger partial charge in [-0.25, -0.2) is 9.07 Å². The largest absolute Gasteiger partial charge is 0.355 e. The number of halogens is 1. The molecule has 1 amide bonds. The highest BCUT2D eigenvalue weighted by Crippen LogP contribution is 2.08. The van der Waals surface area contributed by atoms with Gasteiger partial charge in [-0.1, -0.05) is 32.1 Å². The zero-order valence-corrected chi connectivity index (χ0v) is 18.3. The van der Waals surface area contributed by atoms with Gasteiger partial charge >= 0.3 is 0 Å². The summed E-state index contributed by atoms with van der Waals surface area (Å²) in [5.41, 5.74) is 0.888. The lowest BCUT2D eigenvalue weighted by Crippen LogP contribution is -2.50. The molecule has 1 fully saturated rings. The van der Waals surface area contributed by atoms with Crippen LogP contribution in [0.3, 0.4) is 0 Å². The molecule has 9 heteroatoms. The Bertz CT molecular complexity index is 912. The minimum Gasteiger partial charge on any atom is -0.355 e. The summed E-state index contributed by atoms with van der Waals surface area (Å²) in [7, 11) is 0. The highest BCUT2D eigenvalue weighted by molar-refractivity contribution is 7.71. The van der Waals surface area contributed by atoms with Gasteiger partial charge in [0.2, 0.25) is 10.7 Å². The second-order valence-corrected chi connectivity index (χ2v) is 8.30. The van der Waals surface area contributed by atoms with Crippen molar-refractivity contribution in [2.45, 2.75) is 20.5 Å². The van der Waals surface area contributed by atoms with Crippen LogP contribution in [-0.4, -0.2) is 69.7 Å². The fraction of sp³-hybridized carbons (Fsp3) is 0.476. The molecule has 0 saturated carbocycles. The molecule has 162 valence electrons. The van der Waals surface area contributed by atoms with Crippen molar-refractivity contribution < 1.29 is 9.18 Å². The highest BCUT2D eigenvalue weighted by atomic mass is 32.1. The molecule has 2 aromatic rings. The van der Waals surface area contributed by atoms with E-state index in [1.54, 1.807) is 12.1 Å². The molecule has 0 aliphatic carbocycles. The molecule has 1 saturated heterocycles. The van der Waals surface area contributed by atoms with Crippen LogP contribution in [0.5, 0.6) is 0 Å². The van der Waals surface area contributed by atoms with Gasteiger partial charge in [0, 0.05) is 32.7 Å². The average Bonchev–Trinajstić information content (AvgIpc) is 3.07. The third-order valence-electron chi connectivity index (χ3n) is 4.88. The van der Waals surface area contributed by atoms with Crippen molar-refractivity contribution in [1.82, 2.24) is 29.9 Å². The number of H-pyrrole nitrogens is 1. The maximum absolute atomic E-state index is 13.0. The zero-order valence-electron chi connectivity index (χ0n) is 17.5. The maximum atomic E-state index is 13.0. The van der Waals surface area contributed by atoms with Gasteiger partial charge in [-0.05, 0) is 41.9 Å². The smallest absolute Gasteiger partial charge is 0.234 e. The summed E-state index contributed by atoms with van der Waals surface area (Å²) in [6.07, 6.45) is 3.69. The number of hydrogen-bond acceptors (Lipinski definition) is 5. The summed E-state index contributed by atoms with van der Waals surface area (Å²) in [6.45, 7) is 9.37. The van der Waals surface area contributed by atoms with E-state index in [0.29, 0.717) is 29.7 Å². The zero-order chi connectivity index (χ0) is 21.5. The van der Waals surface area contributed by atoms with Crippen LogP contribution >= 0.6 is 12.2 Å². The number of piperazine rings is 1. The Balaban J connectivity index is 1.48. The van der Waals surface area contributed by atoms with Crippen LogP contribution in [0.2, 0.25) is 0 Å². The van der Waals surface area contributed by atoms with Gasteiger partial charge in [0.1, 0.15) is 11.6 Å². The quantitative estimate of drug-likeness (QED) is 0.628. The van der Waals surface area contributed by atoms with E-state index in [-0.39, 0.29) is 11.7 Å². The molecule has 0 bridgehead atoms. The molecular weight excluding hydrogens is 403 g/mol. The number of nitrogens with one attached hydrogen (secondary N) is 2. The van der Waals surface area contributed by atoms with Crippen LogP contribution in [0.25, 0.3) is 12.2 Å². The van der Waals surface area contributed by atoms with E-state index in [2.05, 4.69) is 39.0 Å². The fourth-order valence-electron chi connectivity index (χ4n) is 3.16. The molecule has 0 spiro atoms. The molecule has 1 aliphatic rings. The van der Waals surface area contributed by atoms with Gasteiger partial charge < -0.3 is 5.32 Å². The Morgan fingerprint density at radius 2 is 1.87 bits per heavy atom. The summed E-state index contributed by atoms with van der Waals surface area (Å²) in [4.78, 5) is 20.8. The minimum absolute atomic E-state index is 0.0884. The van der Waals surface area contributed by atoms with E-state index < -0.39 is 0 Å². The monoisotopic (exact) mass is 432 g/mol. The number of benzene rings is 1. The third-order valence-corrected chi connectivity index (χ3v) is 5.19. The number of nitrogens with zero attached hydrogens (tertiary/aromatic N) is 4. The van der Waals surface area contributed by atoms with Gasteiger partial charge in [-0.3, -0.25) is 19.7 Å². The Kier molecular flexibility index (Phi) is 7.89. The Morgan fingerprint density at radius 1 is 1.20 bits per heavy atom. The summed E-state index contributed by atoms with van der Waals surface area (Å²) in [5, 5.41) is 6.17. The van der Waals surface area contributed by atoms with E-state index in [1.807, 2.05) is 16.8 Å². The van der Waals surface area contributed by atoms with Gasteiger partial charge in [-0.2, -0.15) is 4.98 Å². The maximum Gasteiger partial charge on any atom is 0.234 e. The van der Waals surface area contributed by atoms with Crippen LogP contribution in [0, 0.1) is 16.5 Å². The van der Waals surface area contributed by atoms with Crippen LogP contribution in [-0.2, 0) is 11.5 Å². The molecule has 30 heavy (non-hydrogen) atoms. The Hall–Kier alpha value is -2.36. The standard InChI is InChI=1S/C21H29FN6OS/c1-16(2)13-23-20(29)14-26-9-11-27(12-10-26)15-28-21(30)24-19(25-28)8-5-17-3-6-18(22)7-4-17/h3-8,16H,9-15H2,1-2H3,(H,23,29)(H,24,25,30). The first-order valence-electron chi connectivity index (χ1n) is 10.2. The molecule has 0 unspecified atom stereocenters. The molecule has 2 N–H and O–H groups in total. The third kappa shape index (κ3) is 6.86. The predicted octanol–water partition coefficient (Wildman–Crippen LogP) is 2.60. The predicted molar refractivity (Wildman–Crippen MR) is 119 cm³/mol. The van der Waals surface area contributed by atoms with Crippen molar-refractivity contribution in [1.29, 1.82) is 0 Å². The van der Waals surface area contributed by atoms with Crippen LogP contribution < -0.4 is 5.32 Å². The molecule has 1 aromatic heterocycles. The van der Waals surface area contributed by atoms with E-state index in [4.69, 9.17) is 12.2 Å². The lowest BCUT2D eigenvalue weighted by Gasteiger charge is -2.34. The van der Waals surface area contributed by atoms with Crippen molar-refractivity contribution >= 4 is 30.3 Å². The van der Waals surface area contributed by atoms with Gasteiger partial charge in [-0.15, -0.1) is 0 Å². The van der Waals surface area contributed by atoms with E-state index in [9.17, 15) is 9.18 Å². The molecule has 1 aromatic carbocycles. The molecule has 1 aliphatic heterocycles. The number of rotatable bonds is 8. The van der Waals surface area contributed by atoms with Crippen LogP contribution in [0.15, 0.2) is 24.3 Å². The van der Waals surface area contributed by atoms with Crippen molar-refractivity contribution in [2.24, 2.45) is 5.92 Å². The first-order valence-corrected chi connectivity index (χ1v) is 10.6. The first-order chi connectivity index (χ1) is 14.4. The molecule has 7 nitrogen and oxygen atoms in total. The molecule has 3 rings (SSSR count). The second-order valence-electron chi connectivity index (χ2n) is 7.94. The lowest BCUT2D eigenvalue weighted by atomic mass is 10.2. The molecule has 0 radical (unpaired) electrons. The molecule has 2 heterocycles. The van der Waals surface area contributed by atoms with Gasteiger partial charge in [0.25, 0.3) is 0 Å². The number of hydrogen-bond donors (Lipinski definition) is 2. The van der Waals surface area contributed by atoms with Crippen molar-refractivity contribution in [3.63, 3.8) is 0 Å². The van der Waals surface area contributed by atoms with E-state index in [1.165, 1.54) is 12.1 Å². The van der Waals surface area contributed by atoms with E-state index >= 15 is 0 Å². The molecular formula is C21H29FN6OS. The number of aromatic nitrogens is 3. The normalized spacial score (nSPS) is 15.9. The first kappa shape index (κ1) is 22.3. The number of amides is 1. The van der Waals surface area contributed by atoms with Crippen molar-refractivity contribution in [2.75, 3.05) is 39.3 Å². The fourth-order valence-corrected chi connectivity index (χ4v) is 3.36.